The maximum absolute atomic E-state index is 9.51. The lowest BCUT2D eigenvalue weighted by molar-refractivity contribution is 0.276. The molecule has 0 aliphatic heterocycles. The van der Waals surface area contributed by atoms with Crippen LogP contribution < -0.4 is 4.74 Å². The normalized spacial score (nSPS) is 10.8. The lowest BCUT2D eigenvalue weighted by atomic mass is 10.1. The third kappa shape index (κ3) is 8.93. The van der Waals surface area contributed by atoms with E-state index in [1.807, 2.05) is 0 Å². The standard InChI is InChI=1S/C19H32O3/c1-2-3-4-5-6-7-8-9-10-11-12-22-19-14-17(16-20)13-18(21)15-19/h13-15,20-21H,2-12,16H2,1H3. The minimum absolute atomic E-state index is 0.0803. The van der Waals surface area contributed by atoms with Gasteiger partial charge in [0.05, 0.1) is 13.2 Å². The van der Waals surface area contributed by atoms with Crippen LogP contribution in [-0.2, 0) is 6.61 Å². The summed E-state index contributed by atoms with van der Waals surface area (Å²) < 4.78 is 5.63. The molecule has 0 saturated carbocycles. The second-order valence-electron chi connectivity index (χ2n) is 6.02. The number of benzene rings is 1. The molecule has 0 aliphatic carbocycles. The zero-order chi connectivity index (χ0) is 16.0. The number of hydrogen-bond donors (Lipinski definition) is 2. The average molecular weight is 308 g/mol. The molecule has 0 amide bonds. The van der Waals surface area contributed by atoms with Gasteiger partial charge in [-0.1, -0.05) is 64.7 Å². The molecule has 1 aromatic rings. The fraction of sp³-hybridized carbons (Fsp3) is 0.684. The number of unbranched alkanes of at least 4 members (excludes halogenated alkanes) is 9. The summed E-state index contributed by atoms with van der Waals surface area (Å²) in [6.07, 6.45) is 13.1. The number of aliphatic hydroxyl groups is 1. The van der Waals surface area contributed by atoms with Crippen LogP contribution in [0.15, 0.2) is 18.2 Å². The predicted molar refractivity (Wildman–Crippen MR) is 91.4 cm³/mol. The molecule has 0 bridgehead atoms. The molecule has 0 fully saturated rings. The van der Waals surface area contributed by atoms with Gasteiger partial charge in [-0.25, -0.2) is 0 Å². The molecular weight excluding hydrogens is 276 g/mol. The topological polar surface area (TPSA) is 49.7 Å². The lowest BCUT2D eigenvalue weighted by Gasteiger charge is -2.08. The minimum atomic E-state index is -0.0803. The molecule has 0 radical (unpaired) electrons. The third-order valence-electron chi connectivity index (χ3n) is 3.90. The Balaban J connectivity index is 1.98. The van der Waals surface area contributed by atoms with Gasteiger partial charge < -0.3 is 14.9 Å². The Morgan fingerprint density at radius 1 is 0.818 bits per heavy atom. The van der Waals surface area contributed by atoms with E-state index in [2.05, 4.69) is 6.92 Å². The number of hydrogen-bond acceptors (Lipinski definition) is 3. The second-order valence-corrected chi connectivity index (χ2v) is 6.02. The maximum Gasteiger partial charge on any atom is 0.123 e. The van der Waals surface area contributed by atoms with E-state index in [-0.39, 0.29) is 12.4 Å². The largest absolute Gasteiger partial charge is 0.508 e. The molecule has 3 nitrogen and oxygen atoms in total. The van der Waals surface area contributed by atoms with Crippen molar-refractivity contribution >= 4 is 0 Å². The summed E-state index contributed by atoms with van der Waals surface area (Å²) in [5.41, 5.74) is 0.679. The lowest BCUT2D eigenvalue weighted by Crippen LogP contribution is -1.98. The van der Waals surface area contributed by atoms with Gasteiger partial charge in [-0.3, -0.25) is 0 Å². The molecular formula is C19H32O3. The SMILES string of the molecule is CCCCCCCCCCCCOc1cc(O)cc(CO)c1. The summed E-state index contributed by atoms with van der Waals surface area (Å²) in [5.74, 6) is 0.782. The molecule has 0 unspecified atom stereocenters. The van der Waals surface area contributed by atoms with Crippen molar-refractivity contribution in [1.82, 2.24) is 0 Å². The number of rotatable bonds is 13. The zero-order valence-corrected chi connectivity index (χ0v) is 14.0. The molecule has 126 valence electrons. The Hall–Kier alpha value is -1.22. The van der Waals surface area contributed by atoms with E-state index in [4.69, 9.17) is 9.84 Å². The summed E-state index contributed by atoms with van der Waals surface area (Å²) in [6.45, 7) is 2.84. The Morgan fingerprint density at radius 3 is 2.00 bits per heavy atom. The molecule has 2 N–H and O–H groups in total. The van der Waals surface area contributed by atoms with Gasteiger partial charge in [0.25, 0.3) is 0 Å². The van der Waals surface area contributed by atoms with Crippen molar-refractivity contribution in [3.8, 4) is 11.5 Å². The van der Waals surface area contributed by atoms with Crippen molar-refractivity contribution in [3.05, 3.63) is 23.8 Å². The van der Waals surface area contributed by atoms with Crippen molar-refractivity contribution in [2.24, 2.45) is 0 Å². The van der Waals surface area contributed by atoms with Gasteiger partial charge in [0.1, 0.15) is 11.5 Å². The van der Waals surface area contributed by atoms with Gasteiger partial charge in [-0.2, -0.15) is 0 Å². The molecule has 0 saturated heterocycles. The van der Waals surface area contributed by atoms with E-state index < -0.39 is 0 Å². The number of aliphatic hydroxyl groups excluding tert-OH is 1. The number of aromatic hydroxyl groups is 1. The molecule has 0 aliphatic rings. The van der Waals surface area contributed by atoms with Crippen LogP contribution in [-0.4, -0.2) is 16.8 Å². The second kappa shape index (κ2) is 12.3. The van der Waals surface area contributed by atoms with Gasteiger partial charge in [0, 0.05) is 6.07 Å². The highest BCUT2D eigenvalue weighted by Gasteiger charge is 2.00. The first-order valence-corrected chi connectivity index (χ1v) is 8.83. The fourth-order valence-corrected chi connectivity index (χ4v) is 2.60. The van der Waals surface area contributed by atoms with E-state index >= 15 is 0 Å². The van der Waals surface area contributed by atoms with Crippen LogP contribution in [0.5, 0.6) is 11.5 Å². The molecule has 0 spiro atoms. The molecule has 3 heteroatoms. The zero-order valence-electron chi connectivity index (χ0n) is 14.0. The minimum Gasteiger partial charge on any atom is -0.508 e. The van der Waals surface area contributed by atoms with Crippen LogP contribution in [0.4, 0.5) is 0 Å². The third-order valence-corrected chi connectivity index (χ3v) is 3.90. The van der Waals surface area contributed by atoms with Gasteiger partial charge >= 0.3 is 0 Å². The van der Waals surface area contributed by atoms with Gasteiger partial charge in [-0.05, 0) is 24.1 Å². The smallest absolute Gasteiger partial charge is 0.123 e. The first kappa shape index (κ1) is 18.8. The monoisotopic (exact) mass is 308 g/mol. The Labute approximate surface area is 135 Å². The highest BCUT2D eigenvalue weighted by atomic mass is 16.5. The summed E-state index contributed by atoms with van der Waals surface area (Å²) in [7, 11) is 0. The van der Waals surface area contributed by atoms with Crippen LogP contribution in [0.1, 0.15) is 76.7 Å². The number of phenolic OH excluding ortho intramolecular Hbond substituents is 1. The molecule has 0 atom stereocenters. The van der Waals surface area contributed by atoms with E-state index in [1.54, 1.807) is 18.2 Å². The van der Waals surface area contributed by atoms with E-state index in [1.165, 1.54) is 57.8 Å². The molecule has 22 heavy (non-hydrogen) atoms. The van der Waals surface area contributed by atoms with Gasteiger partial charge in [0.2, 0.25) is 0 Å². The van der Waals surface area contributed by atoms with E-state index in [0.29, 0.717) is 17.9 Å². The fourth-order valence-electron chi connectivity index (χ4n) is 2.60. The molecule has 1 aromatic carbocycles. The van der Waals surface area contributed by atoms with E-state index in [9.17, 15) is 5.11 Å². The first-order chi connectivity index (χ1) is 10.8. The van der Waals surface area contributed by atoms with E-state index in [0.717, 1.165) is 6.42 Å². The summed E-state index contributed by atoms with van der Waals surface area (Å²) in [5, 5.41) is 18.6. The van der Waals surface area contributed by atoms with Crippen LogP contribution in [0.3, 0.4) is 0 Å². The Kier molecular flexibility index (Phi) is 10.6. The first-order valence-electron chi connectivity index (χ1n) is 8.83. The van der Waals surface area contributed by atoms with Crippen LogP contribution in [0.2, 0.25) is 0 Å². The predicted octanol–water partition coefficient (Wildman–Crippen LogP) is 5.18. The molecule has 0 aromatic heterocycles. The number of ether oxygens (including phenoxy) is 1. The Morgan fingerprint density at radius 2 is 1.41 bits per heavy atom. The summed E-state index contributed by atoms with van der Waals surface area (Å²) in [4.78, 5) is 0. The van der Waals surface area contributed by atoms with Crippen LogP contribution in [0.25, 0.3) is 0 Å². The van der Waals surface area contributed by atoms with Crippen molar-refractivity contribution in [2.45, 2.75) is 77.7 Å². The van der Waals surface area contributed by atoms with Gasteiger partial charge in [0.15, 0.2) is 0 Å². The molecule has 1 rings (SSSR count). The quantitative estimate of drug-likeness (QED) is 0.493. The van der Waals surface area contributed by atoms with Crippen molar-refractivity contribution in [1.29, 1.82) is 0 Å². The maximum atomic E-state index is 9.51. The Bertz CT molecular complexity index is 390. The highest BCUT2D eigenvalue weighted by molar-refractivity contribution is 5.37. The van der Waals surface area contributed by atoms with Crippen LogP contribution >= 0.6 is 0 Å². The van der Waals surface area contributed by atoms with Crippen molar-refractivity contribution in [3.63, 3.8) is 0 Å². The average Bonchev–Trinajstić information content (AvgIpc) is 2.52. The molecule has 0 heterocycles. The highest BCUT2D eigenvalue weighted by Crippen LogP contribution is 2.22. The summed E-state index contributed by atoms with van der Waals surface area (Å²) >= 11 is 0. The van der Waals surface area contributed by atoms with Gasteiger partial charge in [-0.15, -0.1) is 0 Å². The van der Waals surface area contributed by atoms with Crippen molar-refractivity contribution < 1.29 is 14.9 Å². The van der Waals surface area contributed by atoms with Crippen molar-refractivity contribution in [2.75, 3.05) is 6.61 Å². The summed E-state index contributed by atoms with van der Waals surface area (Å²) in [6, 6.07) is 4.92. The van der Waals surface area contributed by atoms with Crippen LogP contribution in [0, 0.1) is 0 Å². The number of phenols is 1.